The second kappa shape index (κ2) is 6.60. The summed E-state index contributed by atoms with van der Waals surface area (Å²) in [4.78, 5) is 27.7. The summed E-state index contributed by atoms with van der Waals surface area (Å²) in [5, 5.41) is 1.41. The Morgan fingerprint density at radius 1 is 1.12 bits per heavy atom. The van der Waals surface area contributed by atoms with Crippen molar-refractivity contribution in [2.45, 2.75) is 0 Å². The Balaban J connectivity index is 1.43. The summed E-state index contributed by atoms with van der Waals surface area (Å²) in [6.07, 6.45) is 1.18. The zero-order chi connectivity index (χ0) is 17.2. The van der Waals surface area contributed by atoms with Crippen LogP contribution in [-0.2, 0) is 0 Å². The molecule has 0 saturated carbocycles. The smallest absolute Gasteiger partial charge is 0.410 e. The fourth-order valence-corrected chi connectivity index (χ4v) is 3.10. The lowest BCUT2D eigenvalue weighted by molar-refractivity contribution is 0.149. The van der Waals surface area contributed by atoms with Gasteiger partial charge in [-0.05, 0) is 18.2 Å². The second-order valence-corrected chi connectivity index (χ2v) is 6.14. The molecule has 0 atom stereocenters. The van der Waals surface area contributed by atoms with Gasteiger partial charge in [0, 0.05) is 26.2 Å². The molecule has 128 valence electrons. The normalized spacial score (nSPS) is 14.8. The van der Waals surface area contributed by atoms with E-state index in [0.717, 1.165) is 11.2 Å². The minimum atomic E-state index is -0.330. The zero-order valence-electron chi connectivity index (χ0n) is 13.4. The predicted octanol–water partition coefficient (Wildman–Crippen LogP) is 2.93. The van der Waals surface area contributed by atoms with Crippen LogP contribution in [0, 0.1) is 0 Å². The van der Waals surface area contributed by atoms with E-state index in [1.807, 2.05) is 24.3 Å². The number of H-pyrrole nitrogens is 1. The van der Waals surface area contributed by atoms with Crippen LogP contribution in [0.1, 0.15) is 0 Å². The summed E-state index contributed by atoms with van der Waals surface area (Å²) >= 11 is 6.02. The molecule has 3 aromatic rings. The Labute approximate surface area is 149 Å². The number of aromatic nitrogens is 3. The SMILES string of the molecule is O=C(Oc1ccccc1)N1CCN(c2ncnc3[nH]c(Cl)cc23)CC1. The standard InChI is InChI=1S/C17H16ClN5O2/c18-14-10-13-15(21-14)19-11-20-16(13)22-6-8-23(9-7-22)17(24)25-12-4-2-1-3-5-12/h1-5,10-11H,6-9H2,(H,19,20,21). The van der Waals surface area contributed by atoms with Crippen LogP contribution in [0.2, 0.25) is 5.15 Å². The highest BCUT2D eigenvalue weighted by Gasteiger charge is 2.24. The van der Waals surface area contributed by atoms with Crippen molar-refractivity contribution in [2.75, 3.05) is 31.1 Å². The maximum absolute atomic E-state index is 12.3. The first-order valence-corrected chi connectivity index (χ1v) is 8.34. The summed E-state index contributed by atoms with van der Waals surface area (Å²) in [6.45, 7) is 2.46. The lowest BCUT2D eigenvalue weighted by Crippen LogP contribution is -2.49. The molecule has 1 aliphatic heterocycles. The van der Waals surface area contributed by atoms with Crippen molar-refractivity contribution < 1.29 is 9.53 Å². The van der Waals surface area contributed by atoms with Gasteiger partial charge in [-0.3, -0.25) is 0 Å². The van der Waals surface area contributed by atoms with Crippen LogP contribution in [0.5, 0.6) is 5.75 Å². The molecule has 2 aromatic heterocycles. The van der Waals surface area contributed by atoms with Gasteiger partial charge in [0.25, 0.3) is 0 Å². The van der Waals surface area contributed by atoms with Gasteiger partial charge in [0.2, 0.25) is 0 Å². The van der Waals surface area contributed by atoms with Gasteiger partial charge in [-0.2, -0.15) is 0 Å². The van der Waals surface area contributed by atoms with Crippen molar-refractivity contribution in [1.82, 2.24) is 19.9 Å². The molecule has 8 heteroatoms. The number of nitrogens with one attached hydrogen (secondary N) is 1. The molecule has 0 bridgehead atoms. The number of amides is 1. The number of carbonyl (C=O) groups is 1. The average molecular weight is 358 g/mol. The van der Waals surface area contributed by atoms with Crippen LogP contribution in [0.4, 0.5) is 10.6 Å². The Bertz CT molecular complexity index is 890. The van der Waals surface area contributed by atoms with E-state index in [-0.39, 0.29) is 6.09 Å². The fourth-order valence-electron chi connectivity index (χ4n) is 2.90. The first kappa shape index (κ1) is 15.7. The molecule has 3 heterocycles. The Morgan fingerprint density at radius 2 is 1.88 bits per heavy atom. The monoisotopic (exact) mass is 357 g/mol. The van der Waals surface area contributed by atoms with E-state index in [4.69, 9.17) is 16.3 Å². The highest BCUT2D eigenvalue weighted by molar-refractivity contribution is 6.30. The fraction of sp³-hybridized carbons (Fsp3) is 0.235. The quantitative estimate of drug-likeness (QED) is 0.763. The number of hydrogen-bond donors (Lipinski definition) is 1. The first-order valence-electron chi connectivity index (χ1n) is 7.97. The van der Waals surface area contributed by atoms with Gasteiger partial charge in [-0.15, -0.1) is 0 Å². The van der Waals surface area contributed by atoms with E-state index in [9.17, 15) is 4.79 Å². The topological polar surface area (TPSA) is 74.3 Å². The van der Waals surface area contributed by atoms with Gasteiger partial charge >= 0.3 is 6.09 Å². The summed E-state index contributed by atoms with van der Waals surface area (Å²) in [7, 11) is 0. The molecule has 1 N–H and O–H groups in total. The molecule has 0 aliphatic carbocycles. The van der Waals surface area contributed by atoms with Crippen LogP contribution >= 0.6 is 11.6 Å². The maximum atomic E-state index is 12.3. The summed E-state index contributed by atoms with van der Waals surface area (Å²) in [5.74, 6) is 1.37. The minimum Gasteiger partial charge on any atom is -0.410 e. The number of anilines is 1. The van der Waals surface area contributed by atoms with Crippen molar-refractivity contribution in [3.05, 3.63) is 47.9 Å². The van der Waals surface area contributed by atoms with Crippen molar-refractivity contribution in [1.29, 1.82) is 0 Å². The van der Waals surface area contributed by atoms with Crippen LogP contribution in [0.25, 0.3) is 11.0 Å². The van der Waals surface area contributed by atoms with Crippen LogP contribution < -0.4 is 9.64 Å². The summed E-state index contributed by atoms with van der Waals surface area (Å²) in [6, 6.07) is 10.9. The highest BCUT2D eigenvalue weighted by Crippen LogP contribution is 2.26. The van der Waals surface area contributed by atoms with Gasteiger partial charge in [0.1, 0.15) is 28.7 Å². The number of carbonyl (C=O) groups excluding carboxylic acids is 1. The molecule has 1 aliphatic rings. The molecule has 1 fully saturated rings. The van der Waals surface area contributed by atoms with Crippen LogP contribution in [-0.4, -0.2) is 52.1 Å². The van der Waals surface area contributed by atoms with Gasteiger partial charge in [-0.1, -0.05) is 29.8 Å². The Hall–Kier alpha value is -2.80. The first-order chi connectivity index (χ1) is 12.2. The molecule has 0 unspecified atom stereocenters. The van der Waals surface area contributed by atoms with Crippen molar-refractivity contribution in [2.24, 2.45) is 0 Å². The van der Waals surface area contributed by atoms with E-state index in [2.05, 4.69) is 19.9 Å². The predicted molar refractivity (Wildman–Crippen MR) is 95.2 cm³/mol. The van der Waals surface area contributed by atoms with E-state index < -0.39 is 0 Å². The number of benzene rings is 1. The van der Waals surface area contributed by atoms with E-state index in [0.29, 0.717) is 42.7 Å². The number of piperazine rings is 1. The van der Waals surface area contributed by atoms with Gasteiger partial charge in [-0.25, -0.2) is 14.8 Å². The van der Waals surface area contributed by atoms with Gasteiger partial charge in [0.15, 0.2) is 0 Å². The molecule has 1 amide bonds. The Kier molecular flexibility index (Phi) is 4.15. The van der Waals surface area contributed by atoms with Crippen LogP contribution in [0.15, 0.2) is 42.7 Å². The largest absolute Gasteiger partial charge is 0.415 e. The third kappa shape index (κ3) is 3.23. The second-order valence-electron chi connectivity index (χ2n) is 5.73. The van der Waals surface area contributed by atoms with Crippen molar-refractivity contribution in [3.8, 4) is 5.75 Å². The molecule has 4 rings (SSSR count). The Morgan fingerprint density at radius 3 is 2.64 bits per heavy atom. The molecular formula is C17H16ClN5O2. The summed E-state index contributed by atoms with van der Waals surface area (Å²) < 4.78 is 5.39. The number of rotatable bonds is 2. The van der Waals surface area contributed by atoms with Gasteiger partial charge in [0.05, 0.1) is 5.39 Å². The lowest BCUT2D eigenvalue weighted by atomic mass is 10.3. The highest BCUT2D eigenvalue weighted by atomic mass is 35.5. The molecule has 1 aromatic carbocycles. The molecule has 7 nitrogen and oxygen atoms in total. The van der Waals surface area contributed by atoms with E-state index in [1.165, 1.54) is 6.33 Å². The molecule has 0 spiro atoms. The minimum absolute atomic E-state index is 0.330. The third-order valence-corrected chi connectivity index (χ3v) is 4.36. The van der Waals surface area contributed by atoms with E-state index >= 15 is 0 Å². The number of fused-ring (bicyclic) bond motifs is 1. The number of para-hydroxylation sites is 1. The number of nitrogens with zero attached hydrogens (tertiary/aromatic N) is 4. The van der Waals surface area contributed by atoms with Crippen molar-refractivity contribution in [3.63, 3.8) is 0 Å². The summed E-state index contributed by atoms with van der Waals surface area (Å²) in [5.41, 5.74) is 0.709. The molecule has 25 heavy (non-hydrogen) atoms. The van der Waals surface area contributed by atoms with Crippen molar-refractivity contribution >= 4 is 34.5 Å². The van der Waals surface area contributed by atoms with Gasteiger partial charge < -0.3 is 19.5 Å². The average Bonchev–Trinajstić information content (AvgIpc) is 3.03. The third-order valence-electron chi connectivity index (χ3n) is 4.16. The van der Waals surface area contributed by atoms with Crippen LogP contribution in [0.3, 0.4) is 0 Å². The van der Waals surface area contributed by atoms with E-state index in [1.54, 1.807) is 17.0 Å². The lowest BCUT2D eigenvalue weighted by Gasteiger charge is -2.34. The number of halogens is 1. The molecular weight excluding hydrogens is 342 g/mol. The number of ether oxygens (including phenoxy) is 1. The number of hydrogen-bond acceptors (Lipinski definition) is 5. The number of aromatic amines is 1. The zero-order valence-corrected chi connectivity index (χ0v) is 14.1. The molecule has 1 saturated heterocycles. The molecule has 0 radical (unpaired) electrons. The maximum Gasteiger partial charge on any atom is 0.415 e.